The number of aliphatic hydroxyl groups excluding tert-OH is 2. The lowest BCUT2D eigenvalue weighted by molar-refractivity contribution is 0.0498. The van der Waals surface area contributed by atoms with Crippen LogP contribution in [0.4, 0.5) is 0 Å². The third-order valence-corrected chi connectivity index (χ3v) is 2.51. The van der Waals surface area contributed by atoms with Crippen LogP contribution in [0.2, 0.25) is 0 Å². The van der Waals surface area contributed by atoms with E-state index in [1.54, 1.807) is 0 Å². The second-order valence-corrected chi connectivity index (χ2v) is 4.22. The zero-order valence-corrected chi connectivity index (χ0v) is 8.62. The summed E-state index contributed by atoms with van der Waals surface area (Å²) >= 11 is 0. The van der Waals surface area contributed by atoms with Crippen LogP contribution in [0.3, 0.4) is 0 Å². The van der Waals surface area contributed by atoms with Crippen LogP contribution in [0.1, 0.15) is 34.1 Å². The van der Waals surface area contributed by atoms with Gasteiger partial charge in [-0.2, -0.15) is 0 Å². The van der Waals surface area contributed by atoms with Crippen molar-refractivity contribution in [3.63, 3.8) is 0 Å². The molecule has 2 heteroatoms. The highest BCUT2D eigenvalue weighted by atomic mass is 16.3. The van der Waals surface area contributed by atoms with Gasteiger partial charge in [0.05, 0.1) is 6.10 Å². The molecule has 12 heavy (non-hydrogen) atoms. The topological polar surface area (TPSA) is 40.5 Å². The highest BCUT2D eigenvalue weighted by Gasteiger charge is 2.20. The van der Waals surface area contributed by atoms with E-state index in [2.05, 4.69) is 13.8 Å². The molecule has 0 aliphatic carbocycles. The van der Waals surface area contributed by atoms with Crippen molar-refractivity contribution in [1.29, 1.82) is 0 Å². The van der Waals surface area contributed by atoms with Gasteiger partial charge in [0.2, 0.25) is 0 Å². The maximum atomic E-state index is 9.68. The predicted octanol–water partition coefficient (Wildman–Crippen LogP) is 1.66. The number of rotatable bonds is 5. The van der Waals surface area contributed by atoms with Crippen molar-refractivity contribution >= 4 is 0 Å². The highest BCUT2D eigenvalue weighted by Crippen LogP contribution is 2.19. The van der Waals surface area contributed by atoms with Crippen LogP contribution in [-0.2, 0) is 0 Å². The molecule has 0 aromatic rings. The fourth-order valence-electron chi connectivity index (χ4n) is 1.24. The molecule has 0 saturated carbocycles. The zero-order chi connectivity index (χ0) is 9.72. The molecule has 0 aliphatic rings. The van der Waals surface area contributed by atoms with Crippen LogP contribution < -0.4 is 0 Å². The maximum Gasteiger partial charge on any atom is 0.0571 e. The summed E-state index contributed by atoms with van der Waals surface area (Å²) < 4.78 is 0. The van der Waals surface area contributed by atoms with Gasteiger partial charge in [-0.15, -0.1) is 0 Å². The smallest absolute Gasteiger partial charge is 0.0571 e. The van der Waals surface area contributed by atoms with E-state index in [1.165, 1.54) is 0 Å². The summed E-state index contributed by atoms with van der Waals surface area (Å²) in [5.74, 6) is 0.907. The summed E-state index contributed by atoms with van der Waals surface area (Å²) in [6, 6.07) is 0. The van der Waals surface area contributed by atoms with Crippen molar-refractivity contribution in [3.8, 4) is 0 Å². The first kappa shape index (κ1) is 11.9. The first-order valence-electron chi connectivity index (χ1n) is 4.78. The SMILES string of the molecule is CC(C)CC(O)C(C)C(C)CO. The average molecular weight is 174 g/mol. The molecule has 0 heterocycles. The molecule has 0 bridgehead atoms. The second kappa shape index (κ2) is 5.55. The van der Waals surface area contributed by atoms with Crippen molar-refractivity contribution in [1.82, 2.24) is 0 Å². The van der Waals surface area contributed by atoms with E-state index in [0.717, 1.165) is 6.42 Å². The Bertz CT molecular complexity index is 112. The van der Waals surface area contributed by atoms with E-state index in [0.29, 0.717) is 5.92 Å². The van der Waals surface area contributed by atoms with Gasteiger partial charge in [0.25, 0.3) is 0 Å². The minimum Gasteiger partial charge on any atom is -0.396 e. The molecule has 0 fully saturated rings. The summed E-state index contributed by atoms with van der Waals surface area (Å²) in [4.78, 5) is 0. The molecule has 74 valence electrons. The molecule has 3 atom stereocenters. The van der Waals surface area contributed by atoms with Gasteiger partial charge in [-0.1, -0.05) is 27.7 Å². The Morgan fingerprint density at radius 2 is 1.58 bits per heavy atom. The second-order valence-electron chi connectivity index (χ2n) is 4.22. The van der Waals surface area contributed by atoms with Gasteiger partial charge in [0.1, 0.15) is 0 Å². The summed E-state index contributed by atoms with van der Waals surface area (Å²) in [6.45, 7) is 8.32. The first-order chi connectivity index (χ1) is 5.49. The summed E-state index contributed by atoms with van der Waals surface area (Å²) in [7, 11) is 0. The van der Waals surface area contributed by atoms with Gasteiger partial charge in [-0.05, 0) is 24.2 Å². The lowest BCUT2D eigenvalue weighted by atomic mass is 9.87. The van der Waals surface area contributed by atoms with E-state index >= 15 is 0 Å². The van der Waals surface area contributed by atoms with Crippen LogP contribution in [0.5, 0.6) is 0 Å². The van der Waals surface area contributed by atoms with Gasteiger partial charge in [-0.25, -0.2) is 0 Å². The number of hydrogen-bond donors (Lipinski definition) is 2. The number of hydrogen-bond acceptors (Lipinski definition) is 2. The van der Waals surface area contributed by atoms with E-state index in [4.69, 9.17) is 5.11 Å². The molecule has 2 nitrogen and oxygen atoms in total. The standard InChI is InChI=1S/C10H22O2/c1-7(2)5-10(12)9(4)8(3)6-11/h7-12H,5-6H2,1-4H3. The van der Waals surface area contributed by atoms with Crippen molar-refractivity contribution in [2.24, 2.45) is 17.8 Å². The molecule has 0 amide bonds. The molecule has 0 aromatic heterocycles. The third-order valence-electron chi connectivity index (χ3n) is 2.51. The summed E-state index contributed by atoms with van der Waals surface area (Å²) in [5.41, 5.74) is 0. The Balaban J connectivity index is 3.83. The minimum absolute atomic E-state index is 0.163. The van der Waals surface area contributed by atoms with Crippen LogP contribution in [0.15, 0.2) is 0 Å². The molecule has 0 rings (SSSR count). The Kier molecular flexibility index (Phi) is 5.51. The average Bonchev–Trinajstić information content (AvgIpc) is 2.00. The maximum absolute atomic E-state index is 9.68. The Morgan fingerprint density at radius 3 is 1.92 bits per heavy atom. The summed E-state index contributed by atoms with van der Waals surface area (Å²) in [6.07, 6.45) is 0.554. The lowest BCUT2D eigenvalue weighted by Crippen LogP contribution is -2.27. The van der Waals surface area contributed by atoms with Gasteiger partial charge >= 0.3 is 0 Å². The van der Waals surface area contributed by atoms with E-state index in [-0.39, 0.29) is 24.5 Å². The monoisotopic (exact) mass is 174 g/mol. The highest BCUT2D eigenvalue weighted by molar-refractivity contribution is 4.70. The molecule has 0 saturated heterocycles. The predicted molar refractivity (Wildman–Crippen MR) is 50.9 cm³/mol. The van der Waals surface area contributed by atoms with Crippen molar-refractivity contribution in [2.45, 2.75) is 40.2 Å². The lowest BCUT2D eigenvalue weighted by Gasteiger charge is -2.24. The molecule has 0 aliphatic heterocycles. The zero-order valence-electron chi connectivity index (χ0n) is 8.62. The first-order valence-corrected chi connectivity index (χ1v) is 4.78. The quantitative estimate of drug-likeness (QED) is 0.665. The number of aliphatic hydroxyl groups is 2. The van der Waals surface area contributed by atoms with Crippen molar-refractivity contribution in [2.75, 3.05) is 6.61 Å². The third kappa shape index (κ3) is 4.07. The van der Waals surface area contributed by atoms with E-state index in [9.17, 15) is 5.11 Å². The fourth-order valence-corrected chi connectivity index (χ4v) is 1.24. The summed E-state index contributed by atoms with van der Waals surface area (Å²) in [5, 5.41) is 18.6. The molecule has 0 radical (unpaired) electrons. The van der Waals surface area contributed by atoms with E-state index < -0.39 is 0 Å². The van der Waals surface area contributed by atoms with Gasteiger partial charge in [0, 0.05) is 6.61 Å². The van der Waals surface area contributed by atoms with Gasteiger partial charge in [-0.3, -0.25) is 0 Å². The van der Waals surface area contributed by atoms with E-state index in [1.807, 2.05) is 13.8 Å². The molecule has 0 spiro atoms. The van der Waals surface area contributed by atoms with Gasteiger partial charge in [0.15, 0.2) is 0 Å². The molecular weight excluding hydrogens is 152 g/mol. The van der Waals surface area contributed by atoms with Gasteiger partial charge < -0.3 is 10.2 Å². The van der Waals surface area contributed by atoms with Crippen LogP contribution in [0, 0.1) is 17.8 Å². The van der Waals surface area contributed by atoms with Crippen LogP contribution in [-0.4, -0.2) is 22.9 Å². The Labute approximate surface area is 75.6 Å². The van der Waals surface area contributed by atoms with Crippen LogP contribution >= 0.6 is 0 Å². The fraction of sp³-hybridized carbons (Fsp3) is 1.00. The van der Waals surface area contributed by atoms with Crippen molar-refractivity contribution in [3.05, 3.63) is 0 Å². The van der Waals surface area contributed by atoms with Crippen molar-refractivity contribution < 1.29 is 10.2 Å². The molecular formula is C10H22O2. The Morgan fingerprint density at radius 1 is 1.08 bits per heavy atom. The molecule has 3 unspecified atom stereocenters. The molecule has 2 N–H and O–H groups in total. The Hall–Kier alpha value is -0.0800. The normalized spacial score (nSPS) is 19.2. The van der Waals surface area contributed by atoms with Crippen LogP contribution in [0.25, 0.3) is 0 Å². The largest absolute Gasteiger partial charge is 0.396 e. The molecule has 0 aromatic carbocycles. The minimum atomic E-state index is -0.271.